The Hall–Kier alpha value is -1.48. The Bertz CT molecular complexity index is 457. The first kappa shape index (κ1) is 9.09. The minimum absolute atomic E-state index is 0.0884. The summed E-state index contributed by atoms with van der Waals surface area (Å²) < 4.78 is 5.42. The lowest BCUT2D eigenvalue weighted by Gasteiger charge is -1.95. The zero-order valence-electron chi connectivity index (χ0n) is 7.95. The lowest BCUT2D eigenvalue weighted by Crippen LogP contribution is -1.90. The van der Waals surface area contributed by atoms with E-state index >= 15 is 0 Å². The summed E-state index contributed by atoms with van der Waals surface area (Å²) in [6.07, 6.45) is 0.558. The van der Waals surface area contributed by atoms with Gasteiger partial charge < -0.3 is 14.6 Å². The Morgan fingerprint density at radius 1 is 1.36 bits per heavy atom. The number of phenols is 1. The van der Waals surface area contributed by atoms with Gasteiger partial charge in [-0.25, -0.2) is 0 Å². The van der Waals surface area contributed by atoms with E-state index in [0.717, 1.165) is 16.7 Å². The summed E-state index contributed by atoms with van der Waals surface area (Å²) in [6, 6.07) is 5.25. The van der Waals surface area contributed by atoms with Crippen LogP contribution in [0.5, 0.6) is 5.75 Å². The first-order valence-electron chi connectivity index (χ1n) is 4.55. The number of aliphatic hydroxyl groups is 1. The molecule has 0 atom stereocenters. The summed E-state index contributed by atoms with van der Waals surface area (Å²) in [7, 11) is 0. The second-order valence-corrected chi connectivity index (χ2v) is 3.26. The molecule has 3 nitrogen and oxygen atoms in total. The maximum atomic E-state index is 9.52. The topological polar surface area (TPSA) is 53.6 Å². The molecule has 0 bridgehead atoms. The number of benzene rings is 1. The molecule has 0 spiro atoms. The van der Waals surface area contributed by atoms with E-state index in [4.69, 9.17) is 9.52 Å². The molecule has 2 rings (SSSR count). The number of furan rings is 1. The van der Waals surface area contributed by atoms with Crippen LogP contribution in [0, 0.1) is 6.92 Å². The highest BCUT2D eigenvalue weighted by Crippen LogP contribution is 2.31. The molecule has 0 saturated heterocycles. The minimum atomic E-state index is 0.0884. The van der Waals surface area contributed by atoms with Crippen LogP contribution in [-0.4, -0.2) is 16.8 Å². The lowest BCUT2D eigenvalue weighted by molar-refractivity contribution is 0.299. The zero-order chi connectivity index (χ0) is 10.1. The average molecular weight is 192 g/mol. The van der Waals surface area contributed by atoms with E-state index in [9.17, 15) is 5.11 Å². The van der Waals surface area contributed by atoms with Crippen molar-refractivity contribution in [3.63, 3.8) is 0 Å². The van der Waals surface area contributed by atoms with Crippen molar-refractivity contribution in [2.24, 2.45) is 0 Å². The van der Waals surface area contributed by atoms with Crippen LogP contribution in [0.15, 0.2) is 22.6 Å². The van der Waals surface area contributed by atoms with Crippen molar-refractivity contribution in [2.75, 3.05) is 6.61 Å². The van der Waals surface area contributed by atoms with E-state index in [1.165, 1.54) is 0 Å². The molecule has 0 radical (unpaired) electrons. The van der Waals surface area contributed by atoms with Crippen molar-refractivity contribution in [3.05, 3.63) is 29.5 Å². The molecule has 1 heterocycles. The molecule has 3 heteroatoms. The standard InChI is InChI=1S/C11H12O3/c1-7-8(5-6-12)9-3-2-4-10(13)11(9)14-7/h2-4,12-13H,5-6H2,1H3. The highest BCUT2D eigenvalue weighted by molar-refractivity contribution is 5.86. The summed E-state index contributed by atoms with van der Waals surface area (Å²) in [6.45, 7) is 1.93. The van der Waals surface area contributed by atoms with Gasteiger partial charge in [0, 0.05) is 17.6 Å². The molecule has 1 aromatic carbocycles. The summed E-state index contributed by atoms with van der Waals surface area (Å²) >= 11 is 0. The van der Waals surface area contributed by atoms with E-state index in [1.807, 2.05) is 13.0 Å². The molecule has 0 saturated carbocycles. The molecular weight excluding hydrogens is 180 g/mol. The number of rotatable bonds is 2. The predicted octanol–water partition coefficient (Wildman–Crippen LogP) is 1.98. The molecule has 0 amide bonds. The van der Waals surface area contributed by atoms with E-state index < -0.39 is 0 Å². The highest BCUT2D eigenvalue weighted by atomic mass is 16.4. The maximum absolute atomic E-state index is 9.52. The van der Waals surface area contributed by atoms with Gasteiger partial charge in [-0.3, -0.25) is 0 Å². The van der Waals surface area contributed by atoms with Crippen molar-refractivity contribution < 1.29 is 14.6 Å². The van der Waals surface area contributed by atoms with Gasteiger partial charge in [0.2, 0.25) is 0 Å². The highest BCUT2D eigenvalue weighted by Gasteiger charge is 2.12. The third-order valence-corrected chi connectivity index (χ3v) is 2.36. The molecule has 74 valence electrons. The number of para-hydroxylation sites is 1. The fraction of sp³-hybridized carbons (Fsp3) is 0.273. The Balaban J connectivity index is 2.70. The quantitative estimate of drug-likeness (QED) is 0.765. The number of fused-ring (bicyclic) bond motifs is 1. The number of aromatic hydroxyl groups is 1. The van der Waals surface area contributed by atoms with Crippen LogP contribution in [0.25, 0.3) is 11.0 Å². The third-order valence-electron chi connectivity index (χ3n) is 2.36. The Morgan fingerprint density at radius 3 is 2.86 bits per heavy atom. The van der Waals surface area contributed by atoms with Crippen LogP contribution in [0.4, 0.5) is 0 Å². The van der Waals surface area contributed by atoms with Gasteiger partial charge in [-0.1, -0.05) is 12.1 Å². The third kappa shape index (κ3) is 1.26. The smallest absolute Gasteiger partial charge is 0.176 e. The number of aryl methyl sites for hydroxylation is 1. The van der Waals surface area contributed by atoms with Crippen LogP contribution in [0.2, 0.25) is 0 Å². The number of hydrogen-bond acceptors (Lipinski definition) is 3. The molecule has 2 N–H and O–H groups in total. The summed E-state index contributed by atoms with van der Waals surface area (Å²) in [5, 5.41) is 19.3. The van der Waals surface area contributed by atoms with Gasteiger partial charge in [0.25, 0.3) is 0 Å². The van der Waals surface area contributed by atoms with Gasteiger partial charge >= 0.3 is 0 Å². The van der Waals surface area contributed by atoms with Crippen molar-refractivity contribution >= 4 is 11.0 Å². The van der Waals surface area contributed by atoms with Crippen LogP contribution in [0.1, 0.15) is 11.3 Å². The molecule has 1 aromatic heterocycles. The molecule has 0 aliphatic carbocycles. The van der Waals surface area contributed by atoms with Crippen LogP contribution >= 0.6 is 0 Å². The molecular formula is C11H12O3. The van der Waals surface area contributed by atoms with Crippen LogP contribution < -0.4 is 0 Å². The average Bonchev–Trinajstić information content (AvgIpc) is 2.47. The van der Waals surface area contributed by atoms with Crippen molar-refractivity contribution in [2.45, 2.75) is 13.3 Å². The first-order valence-corrected chi connectivity index (χ1v) is 4.55. The molecule has 2 aromatic rings. The van der Waals surface area contributed by atoms with Gasteiger partial charge in [0.1, 0.15) is 5.76 Å². The SMILES string of the molecule is Cc1oc2c(O)cccc2c1CCO. The number of hydrogen-bond donors (Lipinski definition) is 2. The van der Waals surface area contributed by atoms with Crippen molar-refractivity contribution in [1.82, 2.24) is 0 Å². The van der Waals surface area contributed by atoms with Gasteiger partial charge in [0.05, 0.1) is 0 Å². The first-order chi connectivity index (χ1) is 6.74. The minimum Gasteiger partial charge on any atom is -0.504 e. The Labute approximate surface area is 81.6 Å². The van der Waals surface area contributed by atoms with Gasteiger partial charge in [-0.15, -0.1) is 0 Å². The van der Waals surface area contributed by atoms with Gasteiger partial charge in [-0.2, -0.15) is 0 Å². The monoisotopic (exact) mass is 192 g/mol. The maximum Gasteiger partial charge on any atom is 0.176 e. The molecule has 0 fully saturated rings. The largest absolute Gasteiger partial charge is 0.504 e. The molecule has 0 aliphatic heterocycles. The van der Waals surface area contributed by atoms with Crippen LogP contribution in [0.3, 0.4) is 0 Å². The van der Waals surface area contributed by atoms with Crippen LogP contribution in [-0.2, 0) is 6.42 Å². The fourth-order valence-corrected chi connectivity index (χ4v) is 1.70. The normalized spacial score (nSPS) is 11.0. The van der Waals surface area contributed by atoms with E-state index in [1.54, 1.807) is 12.1 Å². The van der Waals surface area contributed by atoms with E-state index in [-0.39, 0.29) is 12.4 Å². The van der Waals surface area contributed by atoms with Crippen molar-refractivity contribution in [1.29, 1.82) is 0 Å². The lowest BCUT2D eigenvalue weighted by atomic mass is 10.1. The Morgan fingerprint density at radius 2 is 2.14 bits per heavy atom. The fourth-order valence-electron chi connectivity index (χ4n) is 1.70. The summed E-state index contributed by atoms with van der Waals surface area (Å²) in [5.41, 5.74) is 1.48. The predicted molar refractivity (Wildman–Crippen MR) is 53.4 cm³/mol. The molecule has 14 heavy (non-hydrogen) atoms. The zero-order valence-corrected chi connectivity index (χ0v) is 7.95. The van der Waals surface area contributed by atoms with Gasteiger partial charge in [-0.05, 0) is 19.4 Å². The van der Waals surface area contributed by atoms with Crippen molar-refractivity contribution in [3.8, 4) is 5.75 Å². The second kappa shape index (κ2) is 3.35. The second-order valence-electron chi connectivity index (χ2n) is 3.26. The van der Waals surface area contributed by atoms with Gasteiger partial charge in [0.15, 0.2) is 11.3 Å². The molecule has 0 aliphatic rings. The summed E-state index contributed by atoms with van der Waals surface area (Å²) in [4.78, 5) is 0. The summed E-state index contributed by atoms with van der Waals surface area (Å²) in [5.74, 6) is 0.908. The molecule has 0 unspecified atom stereocenters. The number of phenolic OH excluding ortho intramolecular Hbond substituents is 1. The number of aliphatic hydroxyl groups excluding tert-OH is 1. The Kier molecular flexibility index (Phi) is 2.17. The van der Waals surface area contributed by atoms with E-state index in [2.05, 4.69) is 0 Å². The van der Waals surface area contributed by atoms with E-state index in [0.29, 0.717) is 12.0 Å².